The highest BCUT2D eigenvalue weighted by molar-refractivity contribution is 6.30. The lowest BCUT2D eigenvalue weighted by Crippen LogP contribution is -2.09. The maximum atomic E-state index is 5.73. The molecule has 2 rings (SSSR count). The summed E-state index contributed by atoms with van der Waals surface area (Å²) in [6.07, 6.45) is 2.89. The zero-order chi connectivity index (χ0) is 9.47. The first-order valence-corrected chi connectivity index (χ1v) is 4.84. The van der Waals surface area contributed by atoms with Crippen LogP contribution in [0.25, 0.3) is 0 Å². The van der Waals surface area contributed by atoms with E-state index in [-0.39, 0.29) is 0 Å². The summed E-state index contributed by atoms with van der Waals surface area (Å²) in [6, 6.07) is 4.34. The largest absolute Gasteiger partial charge is 0.367 e. The van der Waals surface area contributed by atoms with Crippen molar-refractivity contribution in [3.63, 3.8) is 0 Å². The molecular weight excluding hydrogens is 184 g/mol. The standard InChI is InChI=1S/C10H13ClN2/c1-10(2)5-8(10)13-9-4-3-7(11)6-12-9/h3-4,6,8H,5H2,1-2H3,(H,12,13). The van der Waals surface area contributed by atoms with E-state index in [1.165, 1.54) is 6.42 Å². The Morgan fingerprint density at radius 3 is 2.69 bits per heavy atom. The van der Waals surface area contributed by atoms with E-state index in [2.05, 4.69) is 24.1 Å². The van der Waals surface area contributed by atoms with Gasteiger partial charge in [0.1, 0.15) is 5.82 Å². The summed E-state index contributed by atoms with van der Waals surface area (Å²) in [7, 11) is 0. The lowest BCUT2D eigenvalue weighted by molar-refractivity contribution is 0.630. The molecule has 1 aromatic rings. The van der Waals surface area contributed by atoms with Gasteiger partial charge in [-0.2, -0.15) is 0 Å². The fourth-order valence-electron chi connectivity index (χ4n) is 1.35. The minimum absolute atomic E-state index is 0.432. The van der Waals surface area contributed by atoms with Gasteiger partial charge < -0.3 is 5.32 Å². The van der Waals surface area contributed by atoms with Gasteiger partial charge in [-0.1, -0.05) is 25.4 Å². The van der Waals surface area contributed by atoms with Crippen molar-refractivity contribution < 1.29 is 0 Å². The summed E-state index contributed by atoms with van der Waals surface area (Å²) >= 11 is 5.73. The van der Waals surface area contributed by atoms with Gasteiger partial charge in [0.25, 0.3) is 0 Å². The van der Waals surface area contributed by atoms with Crippen LogP contribution in [0.3, 0.4) is 0 Å². The molecule has 0 spiro atoms. The molecule has 1 heterocycles. The number of hydrogen-bond donors (Lipinski definition) is 1. The van der Waals surface area contributed by atoms with Crippen LogP contribution in [-0.4, -0.2) is 11.0 Å². The topological polar surface area (TPSA) is 24.9 Å². The molecule has 0 saturated heterocycles. The Bertz CT molecular complexity index is 305. The minimum Gasteiger partial charge on any atom is -0.367 e. The Morgan fingerprint density at radius 1 is 1.54 bits per heavy atom. The molecule has 1 unspecified atom stereocenters. The highest BCUT2D eigenvalue weighted by Gasteiger charge is 2.45. The van der Waals surface area contributed by atoms with Gasteiger partial charge in [0.15, 0.2) is 0 Å². The van der Waals surface area contributed by atoms with Crippen LogP contribution >= 0.6 is 11.6 Å². The van der Waals surface area contributed by atoms with E-state index in [1.54, 1.807) is 6.20 Å². The summed E-state index contributed by atoms with van der Waals surface area (Å²) in [5.41, 5.74) is 0.432. The number of rotatable bonds is 2. The number of aromatic nitrogens is 1. The number of pyridine rings is 1. The first-order chi connectivity index (χ1) is 6.08. The molecule has 1 aromatic heterocycles. The third kappa shape index (κ3) is 1.94. The summed E-state index contributed by atoms with van der Waals surface area (Å²) < 4.78 is 0. The molecule has 70 valence electrons. The van der Waals surface area contributed by atoms with Crippen LogP contribution in [0.1, 0.15) is 20.3 Å². The predicted molar refractivity (Wildman–Crippen MR) is 55.1 cm³/mol. The highest BCUT2D eigenvalue weighted by atomic mass is 35.5. The van der Waals surface area contributed by atoms with Gasteiger partial charge in [-0.15, -0.1) is 0 Å². The third-order valence-corrected chi connectivity index (χ3v) is 2.79. The Morgan fingerprint density at radius 2 is 2.23 bits per heavy atom. The van der Waals surface area contributed by atoms with Crippen molar-refractivity contribution in [2.45, 2.75) is 26.3 Å². The lowest BCUT2D eigenvalue weighted by atomic mass is 10.2. The zero-order valence-electron chi connectivity index (χ0n) is 7.84. The predicted octanol–water partition coefficient (Wildman–Crippen LogP) is 2.95. The maximum Gasteiger partial charge on any atom is 0.126 e. The smallest absolute Gasteiger partial charge is 0.126 e. The van der Waals surface area contributed by atoms with Gasteiger partial charge in [-0.05, 0) is 24.0 Å². The van der Waals surface area contributed by atoms with Crippen molar-refractivity contribution in [3.8, 4) is 0 Å². The van der Waals surface area contributed by atoms with E-state index in [0.717, 1.165) is 5.82 Å². The second-order valence-electron chi connectivity index (χ2n) is 4.25. The van der Waals surface area contributed by atoms with Gasteiger partial charge in [-0.3, -0.25) is 0 Å². The summed E-state index contributed by atoms with van der Waals surface area (Å²) in [6.45, 7) is 4.50. The molecule has 0 bridgehead atoms. The SMILES string of the molecule is CC1(C)CC1Nc1ccc(Cl)cn1. The normalized spacial score (nSPS) is 24.1. The molecule has 13 heavy (non-hydrogen) atoms. The quantitative estimate of drug-likeness (QED) is 0.787. The molecule has 1 atom stereocenters. The zero-order valence-corrected chi connectivity index (χ0v) is 8.60. The third-order valence-electron chi connectivity index (χ3n) is 2.56. The average Bonchev–Trinajstić information content (AvgIpc) is 2.64. The molecule has 1 saturated carbocycles. The second kappa shape index (κ2) is 2.88. The molecule has 1 fully saturated rings. The van der Waals surface area contributed by atoms with Crippen LogP contribution < -0.4 is 5.32 Å². The molecule has 1 N–H and O–H groups in total. The van der Waals surface area contributed by atoms with Gasteiger partial charge in [0.2, 0.25) is 0 Å². The second-order valence-corrected chi connectivity index (χ2v) is 4.69. The Hall–Kier alpha value is -0.760. The van der Waals surface area contributed by atoms with Crippen LogP contribution in [-0.2, 0) is 0 Å². The monoisotopic (exact) mass is 196 g/mol. The summed E-state index contributed by atoms with van der Waals surface area (Å²) in [4.78, 5) is 4.18. The highest BCUT2D eigenvalue weighted by Crippen LogP contribution is 2.46. The fraction of sp³-hybridized carbons (Fsp3) is 0.500. The van der Waals surface area contributed by atoms with Crippen molar-refractivity contribution in [1.29, 1.82) is 0 Å². The molecule has 0 amide bonds. The minimum atomic E-state index is 0.432. The number of halogens is 1. The van der Waals surface area contributed by atoms with Crippen molar-refractivity contribution in [1.82, 2.24) is 4.98 Å². The van der Waals surface area contributed by atoms with Gasteiger partial charge in [-0.25, -0.2) is 4.98 Å². The molecule has 0 aromatic carbocycles. The molecule has 2 nitrogen and oxygen atoms in total. The van der Waals surface area contributed by atoms with Crippen molar-refractivity contribution in [2.24, 2.45) is 5.41 Å². The summed E-state index contributed by atoms with van der Waals surface area (Å²) in [5.74, 6) is 0.917. The summed E-state index contributed by atoms with van der Waals surface area (Å²) in [5, 5.41) is 4.04. The molecule has 1 aliphatic rings. The van der Waals surface area contributed by atoms with E-state index in [9.17, 15) is 0 Å². The van der Waals surface area contributed by atoms with Crippen molar-refractivity contribution in [2.75, 3.05) is 5.32 Å². The first-order valence-electron chi connectivity index (χ1n) is 4.46. The Kier molecular flexibility index (Phi) is 1.95. The average molecular weight is 197 g/mol. The molecule has 1 aliphatic carbocycles. The molecular formula is C10H13ClN2. The Labute approximate surface area is 83.3 Å². The number of hydrogen-bond acceptors (Lipinski definition) is 2. The van der Waals surface area contributed by atoms with Crippen LogP contribution in [0.2, 0.25) is 5.02 Å². The Balaban J connectivity index is 2.00. The van der Waals surface area contributed by atoms with Gasteiger partial charge in [0.05, 0.1) is 5.02 Å². The number of nitrogens with zero attached hydrogens (tertiary/aromatic N) is 1. The van der Waals surface area contributed by atoms with Crippen LogP contribution in [0.15, 0.2) is 18.3 Å². The first kappa shape index (κ1) is 8.82. The van der Waals surface area contributed by atoms with E-state index in [0.29, 0.717) is 16.5 Å². The molecule has 0 aliphatic heterocycles. The van der Waals surface area contributed by atoms with Crippen molar-refractivity contribution >= 4 is 17.4 Å². The van der Waals surface area contributed by atoms with E-state index in [1.807, 2.05) is 12.1 Å². The number of anilines is 1. The van der Waals surface area contributed by atoms with Gasteiger partial charge >= 0.3 is 0 Å². The van der Waals surface area contributed by atoms with E-state index < -0.39 is 0 Å². The van der Waals surface area contributed by atoms with Crippen LogP contribution in [0.5, 0.6) is 0 Å². The lowest BCUT2D eigenvalue weighted by Gasteiger charge is -2.06. The van der Waals surface area contributed by atoms with Gasteiger partial charge in [0, 0.05) is 12.2 Å². The molecule has 0 radical (unpaired) electrons. The molecule has 3 heteroatoms. The van der Waals surface area contributed by atoms with Crippen LogP contribution in [0, 0.1) is 5.41 Å². The van der Waals surface area contributed by atoms with Crippen molar-refractivity contribution in [3.05, 3.63) is 23.4 Å². The fourth-order valence-corrected chi connectivity index (χ4v) is 1.47. The maximum absolute atomic E-state index is 5.73. The van der Waals surface area contributed by atoms with E-state index in [4.69, 9.17) is 11.6 Å². The van der Waals surface area contributed by atoms with Crippen LogP contribution in [0.4, 0.5) is 5.82 Å². The number of nitrogens with one attached hydrogen (secondary N) is 1. The van der Waals surface area contributed by atoms with E-state index >= 15 is 0 Å².